The van der Waals surface area contributed by atoms with Crippen molar-refractivity contribution in [3.05, 3.63) is 61.0 Å². The summed E-state index contributed by atoms with van der Waals surface area (Å²) in [5, 5.41) is 21.1. The van der Waals surface area contributed by atoms with Crippen LogP contribution in [0.2, 0.25) is 15.1 Å². The first kappa shape index (κ1) is 21.1. The van der Waals surface area contributed by atoms with Crippen LogP contribution >= 0.6 is 50.7 Å². The van der Waals surface area contributed by atoms with E-state index in [-0.39, 0.29) is 32.9 Å². The summed E-state index contributed by atoms with van der Waals surface area (Å²) in [6.07, 6.45) is 1.36. The van der Waals surface area contributed by atoms with E-state index in [1.165, 1.54) is 12.1 Å². The third kappa shape index (κ3) is 5.38. The van der Waals surface area contributed by atoms with Crippen molar-refractivity contribution in [1.82, 2.24) is 0 Å². The fraction of sp³-hybridized carbons (Fsp3) is 0.0556. The van der Waals surface area contributed by atoms with Crippen LogP contribution in [0.1, 0.15) is 5.56 Å². The summed E-state index contributed by atoms with van der Waals surface area (Å²) in [5.41, 5.74) is 0.606. The molecule has 0 saturated carbocycles. The van der Waals surface area contributed by atoms with Crippen molar-refractivity contribution in [2.24, 2.45) is 0 Å². The molecule has 0 unspecified atom stereocenters. The third-order valence-corrected chi connectivity index (χ3v) is 4.87. The van der Waals surface area contributed by atoms with Crippen LogP contribution in [0.4, 0.5) is 5.69 Å². The Hall–Kier alpha value is -2.22. The standard InChI is InChI=1S/C18H9BrCl3N3O2/c19-12-7-10(8-14(21)17(12)27-5-4-23)6-11(9-24)18(26)25-15-3-1-2-13(20)16(15)22/h1-3,6-8H,5H2,(H,25,26)/b11-6-. The molecule has 2 aromatic carbocycles. The smallest absolute Gasteiger partial charge is 0.266 e. The highest BCUT2D eigenvalue weighted by molar-refractivity contribution is 9.10. The number of carbonyl (C=O) groups excluding carboxylic acids is 1. The molecule has 0 bridgehead atoms. The number of anilines is 1. The van der Waals surface area contributed by atoms with Gasteiger partial charge in [0.2, 0.25) is 0 Å². The summed E-state index contributed by atoms with van der Waals surface area (Å²) >= 11 is 21.4. The normalized spacial score (nSPS) is 10.7. The van der Waals surface area contributed by atoms with Crippen LogP contribution in [0.5, 0.6) is 5.75 Å². The van der Waals surface area contributed by atoms with Crippen molar-refractivity contribution in [3.63, 3.8) is 0 Å². The molecule has 0 radical (unpaired) electrons. The predicted octanol–water partition coefficient (Wildman–Crippen LogP) is 5.86. The van der Waals surface area contributed by atoms with Gasteiger partial charge in [-0.2, -0.15) is 10.5 Å². The number of carbonyl (C=O) groups is 1. The molecule has 0 spiro atoms. The summed E-state index contributed by atoms with van der Waals surface area (Å²) in [7, 11) is 0. The fourth-order valence-corrected chi connectivity index (χ4v) is 3.35. The zero-order valence-electron chi connectivity index (χ0n) is 13.4. The van der Waals surface area contributed by atoms with Crippen LogP contribution in [0, 0.1) is 22.7 Å². The van der Waals surface area contributed by atoms with Gasteiger partial charge in [0.25, 0.3) is 5.91 Å². The molecule has 0 saturated heterocycles. The van der Waals surface area contributed by atoms with Crippen LogP contribution < -0.4 is 10.1 Å². The highest BCUT2D eigenvalue weighted by Crippen LogP contribution is 2.35. The summed E-state index contributed by atoms with van der Waals surface area (Å²) < 4.78 is 5.70. The molecular weight excluding hydrogens is 476 g/mol. The third-order valence-electron chi connectivity index (χ3n) is 3.18. The number of rotatable bonds is 5. The molecule has 0 aliphatic carbocycles. The number of nitrogens with one attached hydrogen (secondary N) is 1. The Morgan fingerprint density at radius 1 is 1.22 bits per heavy atom. The molecule has 136 valence electrons. The van der Waals surface area contributed by atoms with Gasteiger partial charge in [-0.05, 0) is 51.8 Å². The molecule has 0 aliphatic rings. The molecule has 5 nitrogen and oxygen atoms in total. The molecule has 1 amide bonds. The average molecular weight is 486 g/mol. The minimum Gasteiger partial charge on any atom is -0.476 e. The average Bonchev–Trinajstić information content (AvgIpc) is 2.62. The van der Waals surface area contributed by atoms with E-state index in [2.05, 4.69) is 21.2 Å². The Labute approximate surface area is 178 Å². The largest absolute Gasteiger partial charge is 0.476 e. The molecule has 2 rings (SSSR count). The Bertz CT molecular complexity index is 987. The van der Waals surface area contributed by atoms with Gasteiger partial charge in [-0.3, -0.25) is 4.79 Å². The first-order chi connectivity index (χ1) is 12.9. The molecule has 27 heavy (non-hydrogen) atoms. The van der Waals surface area contributed by atoms with Crippen molar-refractivity contribution < 1.29 is 9.53 Å². The number of ether oxygens (including phenoxy) is 1. The Balaban J connectivity index is 2.30. The predicted molar refractivity (Wildman–Crippen MR) is 109 cm³/mol. The van der Waals surface area contributed by atoms with E-state index in [0.717, 1.165) is 0 Å². The van der Waals surface area contributed by atoms with Crippen molar-refractivity contribution in [3.8, 4) is 17.9 Å². The van der Waals surface area contributed by atoms with Crippen LogP contribution in [0.3, 0.4) is 0 Å². The molecule has 2 aromatic rings. The summed E-state index contributed by atoms with van der Waals surface area (Å²) in [6.45, 7) is -0.167. The van der Waals surface area contributed by atoms with Gasteiger partial charge in [0.1, 0.15) is 17.7 Å². The maximum Gasteiger partial charge on any atom is 0.266 e. The van der Waals surface area contributed by atoms with E-state index in [4.69, 9.17) is 44.8 Å². The lowest BCUT2D eigenvalue weighted by atomic mass is 10.1. The van der Waals surface area contributed by atoms with E-state index in [1.807, 2.05) is 12.1 Å². The Morgan fingerprint density at radius 2 is 1.96 bits per heavy atom. The highest BCUT2D eigenvalue weighted by Gasteiger charge is 2.14. The van der Waals surface area contributed by atoms with Gasteiger partial charge in [-0.25, -0.2) is 0 Å². The fourth-order valence-electron chi connectivity index (χ4n) is 2.01. The lowest BCUT2D eigenvalue weighted by Crippen LogP contribution is -2.13. The minimum atomic E-state index is -0.654. The maximum absolute atomic E-state index is 12.4. The summed E-state index contributed by atoms with van der Waals surface area (Å²) in [5.74, 6) is -0.359. The Kier molecular flexibility index (Phi) is 7.53. The van der Waals surface area contributed by atoms with Crippen LogP contribution in [-0.4, -0.2) is 12.5 Å². The van der Waals surface area contributed by atoms with E-state index in [1.54, 1.807) is 24.3 Å². The van der Waals surface area contributed by atoms with E-state index in [9.17, 15) is 10.1 Å². The molecule has 0 fully saturated rings. The zero-order valence-corrected chi connectivity index (χ0v) is 17.2. The van der Waals surface area contributed by atoms with Crippen LogP contribution in [0.25, 0.3) is 6.08 Å². The van der Waals surface area contributed by atoms with Crippen molar-refractivity contribution >= 4 is 68.4 Å². The topological polar surface area (TPSA) is 85.9 Å². The van der Waals surface area contributed by atoms with Crippen LogP contribution in [-0.2, 0) is 4.79 Å². The van der Waals surface area contributed by atoms with Gasteiger partial charge < -0.3 is 10.1 Å². The number of amides is 1. The zero-order chi connectivity index (χ0) is 20.0. The molecule has 1 N–H and O–H groups in total. The first-order valence-corrected chi connectivity index (χ1v) is 9.16. The van der Waals surface area contributed by atoms with E-state index in [0.29, 0.717) is 15.8 Å². The molecule has 0 aliphatic heterocycles. The molecule has 0 atom stereocenters. The van der Waals surface area contributed by atoms with Crippen molar-refractivity contribution in [2.75, 3.05) is 11.9 Å². The lowest BCUT2D eigenvalue weighted by Gasteiger charge is -2.09. The van der Waals surface area contributed by atoms with Crippen LogP contribution in [0.15, 0.2) is 40.4 Å². The second-order valence-corrected chi connectivity index (χ2v) is 7.03. The number of hydrogen-bond acceptors (Lipinski definition) is 4. The SMILES string of the molecule is N#CCOc1c(Cl)cc(/C=C(/C#N)C(=O)Nc2cccc(Cl)c2Cl)cc1Br. The Morgan fingerprint density at radius 3 is 2.59 bits per heavy atom. The molecular formula is C18H9BrCl3N3O2. The monoisotopic (exact) mass is 483 g/mol. The van der Waals surface area contributed by atoms with Gasteiger partial charge in [0.05, 0.1) is 25.2 Å². The van der Waals surface area contributed by atoms with Gasteiger partial charge >= 0.3 is 0 Å². The number of halogens is 4. The van der Waals surface area contributed by atoms with E-state index >= 15 is 0 Å². The highest BCUT2D eigenvalue weighted by atomic mass is 79.9. The van der Waals surface area contributed by atoms with Crippen molar-refractivity contribution in [1.29, 1.82) is 10.5 Å². The van der Waals surface area contributed by atoms with Gasteiger partial charge in [-0.1, -0.05) is 40.9 Å². The molecule has 0 aromatic heterocycles. The minimum absolute atomic E-state index is 0.167. The first-order valence-electron chi connectivity index (χ1n) is 7.23. The van der Waals surface area contributed by atoms with Gasteiger partial charge in [0.15, 0.2) is 12.4 Å². The number of nitrogens with zero attached hydrogens (tertiary/aromatic N) is 2. The molecule has 0 heterocycles. The number of benzene rings is 2. The summed E-state index contributed by atoms with van der Waals surface area (Å²) in [4.78, 5) is 12.4. The second kappa shape index (κ2) is 9.64. The van der Waals surface area contributed by atoms with Gasteiger partial charge in [-0.15, -0.1) is 0 Å². The number of hydrogen-bond donors (Lipinski definition) is 1. The van der Waals surface area contributed by atoms with E-state index < -0.39 is 5.91 Å². The lowest BCUT2D eigenvalue weighted by molar-refractivity contribution is -0.112. The maximum atomic E-state index is 12.4. The van der Waals surface area contributed by atoms with Crippen molar-refractivity contribution in [2.45, 2.75) is 0 Å². The second-order valence-electron chi connectivity index (χ2n) is 4.99. The molecule has 9 heteroatoms. The van der Waals surface area contributed by atoms with Gasteiger partial charge in [0, 0.05) is 0 Å². The summed E-state index contributed by atoms with van der Waals surface area (Å²) in [6, 6.07) is 11.6. The quantitative estimate of drug-likeness (QED) is 0.425. The number of nitriles is 2.